The molecule has 0 aliphatic carbocycles. The van der Waals surface area contributed by atoms with Crippen molar-refractivity contribution in [1.82, 2.24) is 9.97 Å². The number of aryl methyl sites for hydroxylation is 1. The molecule has 0 aliphatic rings. The van der Waals surface area contributed by atoms with E-state index in [4.69, 9.17) is 4.74 Å². The molecule has 1 heterocycles. The van der Waals surface area contributed by atoms with Gasteiger partial charge in [0.25, 0.3) is 0 Å². The minimum absolute atomic E-state index is 0.730. The van der Waals surface area contributed by atoms with Crippen molar-refractivity contribution in [3.05, 3.63) is 53.6 Å². The van der Waals surface area contributed by atoms with Crippen LogP contribution in [0.4, 0.5) is 0 Å². The lowest BCUT2D eigenvalue weighted by molar-refractivity contribution is 0.415. The van der Waals surface area contributed by atoms with Gasteiger partial charge in [-0.1, -0.05) is 5.92 Å². The van der Waals surface area contributed by atoms with Crippen molar-refractivity contribution in [2.45, 2.75) is 6.92 Å². The molecule has 2 aromatic rings. The molecule has 2 rings (SSSR count). The first-order valence-corrected chi connectivity index (χ1v) is 5.22. The molecule has 0 spiro atoms. The van der Waals surface area contributed by atoms with Gasteiger partial charge in [-0.25, -0.2) is 9.97 Å². The van der Waals surface area contributed by atoms with Crippen LogP contribution in [0.3, 0.4) is 0 Å². The highest BCUT2D eigenvalue weighted by atomic mass is 16.5. The number of benzene rings is 1. The monoisotopic (exact) mass is 224 g/mol. The fourth-order valence-corrected chi connectivity index (χ4v) is 1.33. The summed E-state index contributed by atoms with van der Waals surface area (Å²) in [6.07, 6.45) is 1.52. The minimum atomic E-state index is 0.730. The smallest absolute Gasteiger partial charge is 0.118 e. The van der Waals surface area contributed by atoms with Crippen molar-refractivity contribution in [2.24, 2.45) is 0 Å². The third-order valence-electron chi connectivity index (χ3n) is 2.23. The van der Waals surface area contributed by atoms with Crippen molar-refractivity contribution in [2.75, 3.05) is 7.11 Å². The van der Waals surface area contributed by atoms with E-state index in [-0.39, 0.29) is 0 Å². The highest BCUT2D eigenvalue weighted by Gasteiger charge is 1.91. The molecular formula is C14H12N2O. The Morgan fingerprint density at radius 2 is 1.82 bits per heavy atom. The van der Waals surface area contributed by atoms with E-state index in [1.54, 1.807) is 7.11 Å². The second-order valence-corrected chi connectivity index (χ2v) is 3.52. The van der Waals surface area contributed by atoms with Crippen molar-refractivity contribution in [3.63, 3.8) is 0 Å². The molecule has 1 aromatic carbocycles. The molecule has 0 N–H and O–H groups in total. The predicted octanol–water partition coefficient (Wildman–Crippen LogP) is 2.19. The van der Waals surface area contributed by atoms with Crippen molar-refractivity contribution >= 4 is 0 Å². The Morgan fingerprint density at radius 3 is 2.47 bits per heavy atom. The summed E-state index contributed by atoms with van der Waals surface area (Å²) in [6.45, 7) is 1.92. The summed E-state index contributed by atoms with van der Waals surface area (Å²) in [7, 11) is 1.64. The SMILES string of the molecule is COc1ccc(C#Cc2cc(C)ncn2)cc1. The maximum Gasteiger partial charge on any atom is 0.118 e. The van der Waals surface area contributed by atoms with Crippen LogP contribution in [0.1, 0.15) is 17.0 Å². The average molecular weight is 224 g/mol. The lowest BCUT2D eigenvalue weighted by Gasteiger charge is -1.97. The lowest BCUT2D eigenvalue weighted by atomic mass is 10.2. The summed E-state index contributed by atoms with van der Waals surface area (Å²) in [5.74, 6) is 6.87. The molecule has 0 unspecified atom stereocenters. The van der Waals surface area contributed by atoms with Gasteiger partial charge in [0.05, 0.1) is 7.11 Å². The standard InChI is InChI=1S/C14H12N2O/c1-11-9-13(16-10-15-11)6-3-12-4-7-14(17-2)8-5-12/h4-5,7-10H,1-2H3. The quantitative estimate of drug-likeness (QED) is 0.696. The van der Waals surface area contributed by atoms with Crippen molar-refractivity contribution in [3.8, 4) is 17.6 Å². The van der Waals surface area contributed by atoms with Gasteiger partial charge in [-0.05, 0) is 43.2 Å². The van der Waals surface area contributed by atoms with E-state index >= 15 is 0 Å². The molecule has 17 heavy (non-hydrogen) atoms. The fourth-order valence-electron chi connectivity index (χ4n) is 1.33. The zero-order valence-corrected chi connectivity index (χ0v) is 9.77. The van der Waals surface area contributed by atoms with Crippen molar-refractivity contribution in [1.29, 1.82) is 0 Å². The van der Waals surface area contributed by atoms with Gasteiger partial charge in [-0.2, -0.15) is 0 Å². The Hall–Kier alpha value is -2.34. The van der Waals surface area contributed by atoms with Crippen LogP contribution >= 0.6 is 0 Å². The Bertz CT molecular complexity index is 565. The van der Waals surface area contributed by atoms with Crippen LogP contribution in [0, 0.1) is 18.8 Å². The van der Waals surface area contributed by atoms with Gasteiger partial charge in [-0.3, -0.25) is 0 Å². The Balaban J connectivity index is 2.20. The van der Waals surface area contributed by atoms with Crippen LogP contribution in [0.25, 0.3) is 0 Å². The van der Waals surface area contributed by atoms with Gasteiger partial charge in [0.2, 0.25) is 0 Å². The second kappa shape index (κ2) is 5.13. The molecule has 1 aromatic heterocycles. The van der Waals surface area contributed by atoms with E-state index in [9.17, 15) is 0 Å². The number of hydrogen-bond acceptors (Lipinski definition) is 3. The maximum absolute atomic E-state index is 5.08. The van der Waals surface area contributed by atoms with Crippen LogP contribution in [0.2, 0.25) is 0 Å². The third-order valence-corrected chi connectivity index (χ3v) is 2.23. The number of rotatable bonds is 1. The van der Waals surface area contributed by atoms with E-state index in [0.29, 0.717) is 0 Å². The summed E-state index contributed by atoms with van der Waals surface area (Å²) in [5.41, 5.74) is 2.58. The predicted molar refractivity (Wildman–Crippen MR) is 65.7 cm³/mol. The van der Waals surface area contributed by atoms with E-state index in [1.165, 1.54) is 6.33 Å². The number of hydrogen-bond donors (Lipinski definition) is 0. The highest BCUT2D eigenvalue weighted by molar-refractivity contribution is 5.42. The molecule has 0 atom stereocenters. The Kier molecular flexibility index (Phi) is 3.37. The van der Waals surface area contributed by atoms with Gasteiger partial charge >= 0.3 is 0 Å². The number of ether oxygens (including phenoxy) is 1. The van der Waals surface area contributed by atoms with Gasteiger partial charge in [0, 0.05) is 11.3 Å². The van der Waals surface area contributed by atoms with Gasteiger partial charge in [-0.15, -0.1) is 0 Å². The highest BCUT2D eigenvalue weighted by Crippen LogP contribution is 2.10. The van der Waals surface area contributed by atoms with Crippen LogP contribution in [-0.4, -0.2) is 17.1 Å². The molecule has 0 radical (unpaired) electrons. The zero-order valence-electron chi connectivity index (χ0n) is 9.77. The maximum atomic E-state index is 5.08. The van der Waals surface area contributed by atoms with Gasteiger partial charge in [0.1, 0.15) is 17.8 Å². The van der Waals surface area contributed by atoms with E-state index in [2.05, 4.69) is 21.8 Å². The molecule has 3 nitrogen and oxygen atoms in total. The third kappa shape index (κ3) is 3.05. The fraction of sp³-hybridized carbons (Fsp3) is 0.143. The first-order chi connectivity index (χ1) is 8.28. The summed E-state index contributed by atoms with van der Waals surface area (Å²) >= 11 is 0. The number of aromatic nitrogens is 2. The molecule has 0 saturated heterocycles. The van der Waals surface area contributed by atoms with Crippen LogP contribution in [0.5, 0.6) is 5.75 Å². The first-order valence-electron chi connectivity index (χ1n) is 5.22. The van der Waals surface area contributed by atoms with Gasteiger partial charge < -0.3 is 4.74 Å². The molecule has 0 fully saturated rings. The molecule has 3 heteroatoms. The summed E-state index contributed by atoms with van der Waals surface area (Å²) in [6, 6.07) is 9.46. The Morgan fingerprint density at radius 1 is 1.06 bits per heavy atom. The van der Waals surface area contributed by atoms with Crippen LogP contribution in [0.15, 0.2) is 36.7 Å². The van der Waals surface area contributed by atoms with E-state index in [1.807, 2.05) is 37.3 Å². The van der Waals surface area contributed by atoms with E-state index < -0.39 is 0 Å². The van der Waals surface area contributed by atoms with Gasteiger partial charge in [0.15, 0.2) is 0 Å². The Labute approximate surface area is 101 Å². The topological polar surface area (TPSA) is 35.0 Å². The number of nitrogens with zero attached hydrogens (tertiary/aromatic N) is 2. The molecule has 0 amide bonds. The average Bonchev–Trinajstić information content (AvgIpc) is 2.37. The van der Waals surface area contributed by atoms with Crippen LogP contribution < -0.4 is 4.74 Å². The molecule has 0 aliphatic heterocycles. The largest absolute Gasteiger partial charge is 0.497 e. The van der Waals surface area contributed by atoms with Crippen molar-refractivity contribution < 1.29 is 4.74 Å². The zero-order chi connectivity index (χ0) is 12.1. The molecular weight excluding hydrogens is 212 g/mol. The van der Waals surface area contributed by atoms with Crippen LogP contribution in [-0.2, 0) is 0 Å². The molecule has 0 bridgehead atoms. The normalized spacial score (nSPS) is 9.29. The molecule has 84 valence electrons. The second-order valence-electron chi connectivity index (χ2n) is 3.52. The summed E-state index contributed by atoms with van der Waals surface area (Å²) in [4.78, 5) is 8.10. The summed E-state index contributed by atoms with van der Waals surface area (Å²) in [5, 5.41) is 0. The minimum Gasteiger partial charge on any atom is -0.497 e. The lowest BCUT2D eigenvalue weighted by Crippen LogP contribution is -1.87. The molecule has 0 saturated carbocycles. The number of methoxy groups -OCH3 is 1. The summed E-state index contributed by atoms with van der Waals surface area (Å²) < 4.78 is 5.08. The first kappa shape index (κ1) is 11.2. The van der Waals surface area contributed by atoms with E-state index in [0.717, 1.165) is 22.7 Å².